The van der Waals surface area contributed by atoms with E-state index in [4.69, 9.17) is 11.6 Å². The SMILES string of the molecule is CCCNC(=O)c1ccc(NC(=O)CCSc2ccccc2)cc1Cl. The Hall–Kier alpha value is -1.98. The predicted octanol–water partition coefficient (Wildman–Crippen LogP) is 4.60. The number of hydrogen-bond donors (Lipinski definition) is 2. The lowest BCUT2D eigenvalue weighted by Gasteiger charge is -2.09. The maximum Gasteiger partial charge on any atom is 0.252 e. The molecule has 2 aromatic carbocycles. The Balaban J connectivity index is 1.84. The zero-order chi connectivity index (χ0) is 18.1. The third kappa shape index (κ3) is 6.44. The molecule has 0 aliphatic heterocycles. The van der Waals surface area contributed by atoms with E-state index in [1.165, 1.54) is 0 Å². The van der Waals surface area contributed by atoms with Gasteiger partial charge in [-0.05, 0) is 36.8 Å². The van der Waals surface area contributed by atoms with Crippen molar-refractivity contribution in [3.8, 4) is 0 Å². The van der Waals surface area contributed by atoms with E-state index in [1.807, 2.05) is 37.3 Å². The van der Waals surface area contributed by atoms with Crippen LogP contribution in [0.15, 0.2) is 53.4 Å². The van der Waals surface area contributed by atoms with E-state index in [1.54, 1.807) is 30.0 Å². The maximum absolute atomic E-state index is 12.0. The number of hydrogen-bond acceptors (Lipinski definition) is 3. The van der Waals surface area contributed by atoms with E-state index in [2.05, 4.69) is 10.6 Å². The highest BCUT2D eigenvalue weighted by Crippen LogP contribution is 2.22. The number of rotatable bonds is 8. The van der Waals surface area contributed by atoms with Crippen LogP contribution in [-0.4, -0.2) is 24.1 Å². The van der Waals surface area contributed by atoms with Crippen molar-refractivity contribution in [1.29, 1.82) is 0 Å². The zero-order valence-corrected chi connectivity index (χ0v) is 15.6. The van der Waals surface area contributed by atoms with Crippen LogP contribution in [0, 0.1) is 0 Å². The third-order valence-electron chi connectivity index (χ3n) is 3.37. The molecule has 0 saturated heterocycles. The Morgan fingerprint density at radius 2 is 1.88 bits per heavy atom. The van der Waals surface area contributed by atoms with Crippen LogP contribution in [0.1, 0.15) is 30.1 Å². The topological polar surface area (TPSA) is 58.2 Å². The molecule has 0 atom stereocenters. The second-order valence-corrected chi connectivity index (χ2v) is 6.99. The predicted molar refractivity (Wildman–Crippen MR) is 104 cm³/mol. The molecule has 0 heterocycles. The van der Waals surface area contributed by atoms with Crippen molar-refractivity contribution in [3.05, 3.63) is 59.1 Å². The number of anilines is 1. The summed E-state index contributed by atoms with van der Waals surface area (Å²) in [7, 11) is 0. The summed E-state index contributed by atoms with van der Waals surface area (Å²) in [4.78, 5) is 25.1. The van der Waals surface area contributed by atoms with Crippen LogP contribution in [0.4, 0.5) is 5.69 Å². The van der Waals surface area contributed by atoms with E-state index in [0.717, 1.165) is 11.3 Å². The molecule has 0 saturated carbocycles. The van der Waals surface area contributed by atoms with Crippen molar-refractivity contribution in [2.75, 3.05) is 17.6 Å². The number of carbonyl (C=O) groups is 2. The summed E-state index contributed by atoms with van der Waals surface area (Å²) < 4.78 is 0. The van der Waals surface area contributed by atoms with Gasteiger partial charge in [-0.15, -0.1) is 11.8 Å². The minimum absolute atomic E-state index is 0.0808. The van der Waals surface area contributed by atoms with Crippen LogP contribution in [0.2, 0.25) is 5.02 Å². The summed E-state index contributed by atoms with van der Waals surface area (Å²) in [5.74, 6) is 0.410. The molecule has 0 aliphatic rings. The summed E-state index contributed by atoms with van der Waals surface area (Å²) in [6.45, 7) is 2.59. The summed E-state index contributed by atoms with van der Waals surface area (Å²) in [6, 6.07) is 14.9. The Morgan fingerprint density at radius 3 is 2.56 bits per heavy atom. The molecule has 0 spiro atoms. The van der Waals surface area contributed by atoms with E-state index in [0.29, 0.717) is 35.0 Å². The molecule has 2 rings (SSSR count). The lowest BCUT2D eigenvalue weighted by atomic mass is 10.2. The minimum Gasteiger partial charge on any atom is -0.352 e. The standard InChI is InChI=1S/C19H21ClN2O2S/c1-2-11-21-19(24)16-9-8-14(13-17(16)20)22-18(23)10-12-25-15-6-4-3-5-7-15/h3-9,13H,2,10-12H2,1H3,(H,21,24)(H,22,23). The number of nitrogens with one attached hydrogen (secondary N) is 2. The molecule has 4 nitrogen and oxygen atoms in total. The molecule has 0 radical (unpaired) electrons. The fraction of sp³-hybridized carbons (Fsp3) is 0.263. The normalized spacial score (nSPS) is 10.3. The highest BCUT2D eigenvalue weighted by Gasteiger charge is 2.11. The van der Waals surface area contributed by atoms with Crippen LogP contribution in [0.25, 0.3) is 0 Å². The molecular weight excluding hydrogens is 356 g/mol. The summed E-state index contributed by atoms with van der Waals surface area (Å²) >= 11 is 7.79. The van der Waals surface area contributed by atoms with E-state index < -0.39 is 0 Å². The molecule has 0 aromatic heterocycles. The van der Waals surface area contributed by atoms with Gasteiger partial charge in [0, 0.05) is 29.3 Å². The van der Waals surface area contributed by atoms with E-state index >= 15 is 0 Å². The smallest absolute Gasteiger partial charge is 0.252 e. The van der Waals surface area contributed by atoms with Crippen molar-refractivity contribution in [2.24, 2.45) is 0 Å². The Morgan fingerprint density at radius 1 is 1.12 bits per heavy atom. The van der Waals surface area contributed by atoms with Gasteiger partial charge >= 0.3 is 0 Å². The van der Waals surface area contributed by atoms with Crippen molar-refractivity contribution >= 4 is 40.9 Å². The molecule has 132 valence electrons. The van der Waals surface area contributed by atoms with E-state index in [-0.39, 0.29) is 11.8 Å². The lowest BCUT2D eigenvalue weighted by Crippen LogP contribution is -2.24. The van der Waals surface area contributed by atoms with Gasteiger partial charge in [0.2, 0.25) is 5.91 Å². The Labute approximate surface area is 157 Å². The molecule has 0 aliphatic carbocycles. The molecule has 2 aromatic rings. The van der Waals surface area contributed by atoms with Gasteiger partial charge < -0.3 is 10.6 Å². The van der Waals surface area contributed by atoms with Gasteiger partial charge in [-0.25, -0.2) is 0 Å². The molecule has 6 heteroatoms. The second-order valence-electron chi connectivity index (χ2n) is 5.41. The van der Waals surface area contributed by atoms with Gasteiger partial charge in [-0.2, -0.15) is 0 Å². The minimum atomic E-state index is -0.205. The Kier molecular flexibility index (Phi) is 7.82. The summed E-state index contributed by atoms with van der Waals surface area (Å²) in [5, 5.41) is 5.91. The highest BCUT2D eigenvalue weighted by atomic mass is 35.5. The van der Waals surface area contributed by atoms with Crippen molar-refractivity contribution < 1.29 is 9.59 Å². The lowest BCUT2D eigenvalue weighted by molar-refractivity contribution is -0.115. The number of thioether (sulfide) groups is 1. The second kappa shape index (κ2) is 10.1. The molecule has 0 unspecified atom stereocenters. The molecule has 0 fully saturated rings. The van der Waals surface area contributed by atoms with Gasteiger partial charge in [-0.1, -0.05) is 36.7 Å². The fourth-order valence-corrected chi connectivity index (χ4v) is 3.25. The monoisotopic (exact) mass is 376 g/mol. The van der Waals surface area contributed by atoms with Gasteiger partial charge in [-0.3, -0.25) is 9.59 Å². The van der Waals surface area contributed by atoms with Gasteiger partial charge in [0.05, 0.1) is 10.6 Å². The van der Waals surface area contributed by atoms with Crippen LogP contribution in [0.3, 0.4) is 0 Å². The number of carbonyl (C=O) groups excluding carboxylic acids is 2. The average molecular weight is 377 g/mol. The summed E-state index contributed by atoms with van der Waals surface area (Å²) in [6.07, 6.45) is 1.26. The molecule has 2 amide bonds. The van der Waals surface area contributed by atoms with Crippen LogP contribution in [0.5, 0.6) is 0 Å². The van der Waals surface area contributed by atoms with Crippen LogP contribution >= 0.6 is 23.4 Å². The highest BCUT2D eigenvalue weighted by molar-refractivity contribution is 7.99. The first-order valence-corrected chi connectivity index (χ1v) is 9.52. The summed E-state index contributed by atoms with van der Waals surface area (Å²) in [5.41, 5.74) is 1.000. The quantitative estimate of drug-likeness (QED) is 0.662. The van der Waals surface area contributed by atoms with Crippen LogP contribution in [-0.2, 0) is 4.79 Å². The maximum atomic E-state index is 12.0. The fourth-order valence-electron chi connectivity index (χ4n) is 2.11. The average Bonchev–Trinajstić information content (AvgIpc) is 2.60. The number of amides is 2. The first-order valence-electron chi connectivity index (χ1n) is 8.15. The van der Waals surface area contributed by atoms with Crippen molar-refractivity contribution in [3.63, 3.8) is 0 Å². The zero-order valence-electron chi connectivity index (χ0n) is 14.0. The number of benzene rings is 2. The van der Waals surface area contributed by atoms with Gasteiger partial charge in [0.15, 0.2) is 0 Å². The first-order chi connectivity index (χ1) is 12.1. The molecule has 2 N–H and O–H groups in total. The van der Waals surface area contributed by atoms with Crippen molar-refractivity contribution in [1.82, 2.24) is 5.32 Å². The largest absolute Gasteiger partial charge is 0.352 e. The van der Waals surface area contributed by atoms with Crippen molar-refractivity contribution in [2.45, 2.75) is 24.7 Å². The first kappa shape index (κ1) is 19.3. The number of halogens is 1. The Bertz CT molecular complexity index is 723. The third-order valence-corrected chi connectivity index (χ3v) is 4.70. The van der Waals surface area contributed by atoms with E-state index in [9.17, 15) is 9.59 Å². The molecular formula is C19H21ClN2O2S. The van der Waals surface area contributed by atoms with Gasteiger partial charge in [0.1, 0.15) is 0 Å². The molecule has 25 heavy (non-hydrogen) atoms. The van der Waals surface area contributed by atoms with Gasteiger partial charge in [0.25, 0.3) is 5.91 Å². The van der Waals surface area contributed by atoms with Crippen LogP contribution < -0.4 is 10.6 Å². The molecule has 0 bridgehead atoms.